The number of rotatable bonds is 7. The van der Waals surface area contributed by atoms with Gasteiger partial charge in [0.05, 0.1) is 27.8 Å². The predicted molar refractivity (Wildman–Crippen MR) is 95.0 cm³/mol. The first-order chi connectivity index (χ1) is 11.3. The molecule has 0 fully saturated rings. The molecule has 24 heavy (non-hydrogen) atoms. The van der Waals surface area contributed by atoms with Crippen LogP contribution < -0.4 is 0 Å². The molecule has 0 heterocycles. The smallest absolute Gasteiger partial charge is 0.266 e. The molecule has 0 amide bonds. The Kier molecular flexibility index (Phi) is 6.15. The van der Waals surface area contributed by atoms with E-state index in [1.54, 1.807) is 30.5 Å². The van der Waals surface area contributed by atoms with Gasteiger partial charge in [-0.2, -0.15) is 8.42 Å². The summed E-state index contributed by atoms with van der Waals surface area (Å²) in [4.78, 5) is 0.798. The van der Waals surface area contributed by atoms with E-state index in [1.807, 2.05) is 25.1 Å². The van der Waals surface area contributed by atoms with Gasteiger partial charge in [-0.15, -0.1) is 0 Å². The Morgan fingerprint density at radius 1 is 0.917 bits per heavy atom. The number of aryl methyl sites for hydroxylation is 1. The lowest BCUT2D eigenvalue weighted by atomic mass is 10.2. The molecular formula is C17H21NO4S2. The standard InChI is InChI=1S/C17H21NO4S2/c1-15-9-11-17(12-10-15)24(20,21)22-14-6-13-18-23(2,19)16-7-4-3-5-8-16/h3-5,7-12H,6,13-14H2,1-2H3. The zero-order valence-corrected chi connectivity index (χ0v) is 15.3. The largest absolute Gasteiger partial charge is 0.296 e. The molecule has 0 radical (unpaired) electrons. The fourth-order valence-corrected chi connectivity index (χ4v) is 4.22. The molecule has 0 aromatic heterocycles. The second-order valence-electron chi connectivity index (χ2n) is 5.41. The van der Waals surface area contributed by atoms with Crippen molar-refractivity contribution in [1.82, 2.24) is 0 Å². The summed E-state index contributed by atoms with van der Waals surface area (Å²) < 4.78 is 45.7. The average Bonchev–Trinajstić information content (AvgIpc) is 2.55. The second kappa shape index (κ2) is 7.92. The maximum atomic E-state index is 12.5. The van der Waals surface area contributed by atoms with Gasteiger partial charge in [0.2, 0.25) is 0 Å². The predicted octanol–water partition coefficient (Wildman–Crippen LogP) is 3.25. The maximum absolute atomic E-state index is 12.5. The zero-order chi connectivity index (χ0) is 17.6. The Balaban J connectivity index is 1.90. The molecule has 1 atom stereocenters. The first-order valence-electron chi connectivity index (χ1n) is 7.50. The second-order valence-corrected chi connectivity index (χ2v) is 9.36. The Morgan fingerprint density at radius 2 is 1.54 bits per heavy atom. The van der Waals surface area contributed by atoms with Crippen molar-refractivity contribution < 1.29 is 16.8 Å². The van der Waals surface area contributed by atoms with E-state index in [0.717, 1.165) is 5.56 Å². The van der Waals surface area contributed by atoms with Crippen molar-refractivity contribution in [3.05, 3.63) is 60.2 Å². The van der Waals surface area contributed by atoms with E-state index in [0.29, 0.717) is 11.3 Å². The van der Waals surface area contributed by atoms with E-state index in [-0.39, 0.29) is 18.0 Å². The van der Waals surface area contributed by atoms with Gasteiger partial charge in [-0.3, -0.25) is 4.18 Å². The molecule has 0 spiro atoms. The molecule has 0 aliphatic heterocycles. The topological polar surface area (TPSA) is 72.8 Å². The van der Waals surface area contributed by atoms with Crippen LogP contribution in [0.15, 0.2) is 68.8 Å². The van der Waals surface area contributed by atoms with Gasteiger partial charge in [-0.25, -0.2) is 8.57 Å². The molecule has 130 valence electrons. The first kappa shape index (κ1) is 18.6. The molecule has 0 aliphatic carbocycles. The number of benzene rings is 2. The summed E-state index contributed by atoms with van der Waals surface area (Å²) in [5.74, 6) is 0. The van der Waals surface area contributed by atoms with Gasteiger partial charge < -0.3 is 0 Å². The lowest BCUT2D eigenvalue weighted by molar-refractivity contribution is 0.315. The van der Waals surface area contributed by atoms with Crippen molar-refractivity contribution in [2.45, 2.75) is 23.1 Å². The number of nitrogens with zero attached hydrogens (tertiary/aromatic N) is 1. The summed E-state index contributed by atoms with van der Waals surface area (Å²) in [6, 6.07) is 15.5. The average molecular weight is 367 g/mol. The normalized spacial score (nSPS) is 14.1. The summed E-state index contributed by atoms with van der Waals surface area (Å²) >= 11 is 0. The van der Waals surface area contributed by atoms with E-state index in [2.05, 4.69) is 4.36 Å². The van der Waals surface area contributed by atoms with Crippen molar-refractivity contribution in [2.24, 2.45) is 4.36 Å². The summed E-state index contributed by atoms with van der Waals surface area (Å²) in [6.45, 7) is 2.16. The molecule has 2 aromatic carbocycles. The van der Waals surface area contributed by atoms with Gasteiger partial charge in [-0.05, 0) is 37.6 Å². The Hall–Kier alpha value is -1.70. The molecule has 2 rings (SSSR count). The van der Waals surface area contributed by atoms with Gasteiger partial charge >= 0.3 is 0 Å². The van der Waals surface area contributed by atoms with Crippen LogP contribution in [0.4, 0.5) is 0 Å². The van der Waals surface area contributed by atoms with Gasteiger partial charge in [0.1, 0.15) is 0 Å². The third kappa shape index (κ3) is 5.15. The van der Waals surface area contributed by atoms with Crippen molar-refractivity contribution in [3.8, 4) is 0 Å². The summed E-state index contributed by atoms with van der Waals surface area (Å²) in [5, 5.41) is 0. The Labute approximate surface area is 144 Å². The molecule has 0 saturated carbocycles. The van der Waals surface area contributed by atoms with Crippen LogP contribution in [0.1, 0.15) is 12.0 Å². The SMILES string of the molecule is Cc1ccc(S(=O)(=O)OCCCN=S(C)(=O)c2ccccc2)cc1. The number of hydrogen-bond acceptors (Lipinski definition) is 5. The fourth-order valence-electron chi connectivity index (χ4n) is 1.99. The van der Waals surface area contributed by atoms with Crippen molar-refractivity contribution in [2.75, 3.05) is 19.4 Å². The van der Waals surface area contributed by atoms with Gasteiger partial charge in [0.15, 0.2) is 0 Å². The first-order valence-corrected chi connectivity index (χ1v) is 10.8. The fraction of sp³-hybridized carbons (Fsp3) is 0.294. The molecule has 0 saturated heterocycles. The lowest BCUT2D eigenvalue weighted by Gasteiger charge is -2.06. The third-order valence-corrected chi connectivity index (χ3v) is 6.52. The van der Waals surface area contributed by atoms with E-state index < -0.39 is 19.8 Å². The van der Waals surface area contributed by atoms with Crippen molar-refractivity contribution >= 4 is 19.8 Å². The minimum absolute atomic E-state index is 0.00399. The van der Waals surface area contributed by atoms with Crippen molar-refractivity contribution in [1.29, 1.82) is 0 Å². The van der Waals surface area contributed by atoms with Crippen LogP contribution in [0.5, 0.6) is 0 Å². The van der Waals surface area contributed by atoms with Gasteiger partial charge in [0.25, 0.3) is 10.1 Å². The summed E-state index contributed by atoms with van der Waals surface area (Å²) in [6.07, 6.45) is 1.95. The van der Waals surface area contributed by atoms with E-state index >= 15 is 0 Å². The van der Waals surface area contributed by atoms with Crippen LogP contribution >= 0.6 is 0 Å². The molecular weight excluding hydrogens is 346 g/mol. The molecule has 0 bridgehead atoms. The molecule has 5 nitrogen and oxygen atoms in total. The minimum atomic E-state index is -3.76. The molecule has 0 aliphatic rings. The van der Waals surface area contributed by atoms with Crippen LogP contribution in [-0.4, -0.2) is 32.0 Å². The highest BCUT2D eigenvalue weighted by molar-refractivity contribution is 7.93. The third-order valence-electron chi connectivity index (χ3n) is 3.37. The van der Waals surface area contributed by atoms with E-state index in [9.17, 15) is 12.6 Å². The summed E-state index contributed by atoms with van der Waals surface area (Å²) in [5.41, 5.74) is 0.978. The molecule has 2 aromatic rings. The Bertz CT molecular complexity index is 882. The zero-order valence-electron chi connectivity index (χ0n) is 13.7. The van der Waals surface area contributed by atoms with Gasteiger partial charge in [-0.1, -0.05) is 35.9 Å². The highest BCUT2D eigenvalue weighted by atomic mass is 32.2. The number of hydrogen-bond donors (Lipinski definition) is 0. The van der Waals surface area contributed by atoms with Crippen LogP contribution in [0.25, 0.3) is 0 Å². The van der Waals surface area contributed by atoms with Crippen LogP contribution in [-0.2, 0) is 24.0 Å². The maximum Gasteiger partial charge on any atom is 0.296 e. The van der Waals surface area contributed by atoms with Crippen LogP contribution in [0.2, 0.25) is 0 Å². The molecule has 1 unspecified atom stereocenters. The Morgan fingerprint density at radius 3 is 2.17 bits per heavy atom. The van der Waals surface area contributed by atoms with Crippen LogP contribution in [0, 0.1) is 6.92 Å². The molecule has 0 N–H and O–H groups in total. The highest BCUT2D eigenvalue weighted by Gasteiger charge is 2.14. The highest BCUT2D eigenvalue weighted by Crippen LogP contribution is 2.14. The summed E-state index contributed by atoms with van der Waals surface area (Å²) in [7, 11) is -6.22. The van der Waals surface area contributed by atoms with E-state index in [4.69, 9.17) is 4.18 Å². The van der Waals surface area contributed by atoms with Crippen LogP contribution in [0.3, 0.4) is 0 Å². The monoisotopic (exact) mass is 367 g/mol. The van der Waals surface area contributed by atoms with Gasteiger partial charge in [0, 0.05) is 11.2 Å². The van der Waals surface area contributed by atoms with Crippen molar-refractivity contribution in [3.63, 3.8) is 0 Å². The van der Waals surface area contributed by atoms with E-state index in [1.165, 1.54) is 12.1 Å². The quantitative estimate of drug-likeness (QED) is 0.556. The lowest BCUT2D eigenvalue weighted by Crippen LogP contribution is -2.08. The minimum Gasteiger partial charge on any atom is -0.266 e. The molecule has 7 heteroatoms.